The Balaban J connectivity index is 2.78. The molecule has 0 saturated carbocycles. The summed E-state index contributed by atoms with van der Waals surface area (Å²) in [5, 5.41) is 8.92. The van der Waals surface area contributed by atoms with Gasteiger partial charge in [-0.2, -0.15) is 12.6 Å². The lowest BCUT2D eigenvalue weighted by Gasteiger charge is -2.10. The molecule has 1 aromatic carbocycles. The van der Waals surface area contributed by atoms with Gasteiger partial charge in [0.05, 0.1) is 17.7 Å². The first-order valence-electron chi connectivity index (χ1n) is 5.16. The van der Waals surface area contributed by atoms with Gasteiger partial charge in [0.1, 0.15) is 0 Å². The molecule has 1 N–H and O–H groups in total. The van der Waals surface area contributed by atoms with Gasteiger partial charge < -0.3 is 9.84 Å². The number of hydrogen-bond donors (Lipinski definition) is 2. The number of carbonyl (C=O) groups is 2. The Morgan fingerprint density at radius 3 is 2.47 bits per heavy atom. The van der Waals surface area contributed by atoms with Crippen molar-refractivity contribution in [2.24, 2.45) is 5.92 Å². The standard InChI is InChI=1S/C12H14O4S/c1-8(7-17)6-16-12(15)10-5-3-2-4-9(10)11(13)14/h2-5,8,17H,6-7H2,1H3,(H,13,14). The fourth-order valence-electron chi connectivity index (χ4n) is 1.20. The predicted molar refractivity (Wildman–Crippen MR) is 66.7 cm³/mol. The normalized spacial score (nSPS) is 11.9. The van der Waals surface area contributed by atoms with E-state index in [1.54, 1.807) is 12.1 Å². The van der Waals surface area contributed by atoms with Crippen LogP contribution in [0.3, 0.4) is 0 Å². The zero-order valence-electron chi connectivity index (χ0n) is 9.42. The maximum atomic E-state index is 11.7. The van der Waals surface area contributed by atoms with Gasteiger partial charge in [-0.05, 0) is 23.8 Å². The summed E-state index contributed by atoms with van der Waals surface area (Å²) in [6.07, 6.45) is 0. The van der Waals surface area contributed by atoms with Gasteiger partial charge in [-0.15, -0.1) is 0 Å². The summed E-state index contributed by atoms with van der Waals surface area (Å²) in [5.74, 6) is -1.01. The molecule has 1 aromatic rings. The van der Waals surface area contributed by atoms with Crippen LogP contribution in [0.1, 0.15) is 27.6 Å². The summed E-state index contributed by atoms with van der Waals surface area (Å²) >= 11 is 4.07. The Morgan fingerprint density at radius 2 is 1.94 bits per heavy atom. The highest BCUT2D eigenvalue weighted by atomic mass is 32.1. The first-order chi connectivity index (χ1) is 8.06. The molecule has 0 fully saturated rings. The van der Waals surface area contributed by atoms with Crippen LogP contribution in [0.2, 0.25) is 0 Å². The molecule has 4 nitrogen and oxygen atoms in total. The minimum Gasteiger partial charge on any atom is -0.478 e. The number of thiol groups is 1. The molecule has 0 aromatic heterocycles. The lowest BCUT2D eigenvalue weighted by Crippen LogP contribution is -2.16. The topological polar surface area (TPSA) is 63.6 Å². The van der Waals surface area contributed by atoms with Crippen molar-refractivity contribution in [2.45, 2.75) is 6.92 Å². The van der Waals surface area contributed by atoms with Gasteiger partial charge in [0.25, 0.3) is 0 Å². The number of hydrogen-bond acceptors (Lipinski definition) is 4. The number of aromatic carboxylic acids is 1. The van der Waals surface area contributed by atoms with E-state index in [-0.39, 0.29) is 23.7 Å². The Labute approximate surface area is 105 Å². The fourth-order valence-corrected chi connectivity index (χ4v) is 1.30. The number of benzene rings is 1. The molecule has 0 saturated heterocycles. The van der Waals surface area contributed by atoms with E-state index in [1.165, 1.54) is 12.1 Å². The highest BCUT2D eigenvalue weighted by Gasteiger charge is 2.17. The summed E-state index contributed by atoms with van der Waals surface area (Å²) in [6.45, 7) is 2.12. The molecule has 92 valence electrons. The van der Waals surface area contributed by atoms with Gasteiger partial charge in [-0.3, -0.25) is 0 Å². The molecule has 1 atom stereocenters. The molecule has 1 rings (SSSR count). The summed E-state index contributed by atoms with van der Waals surface area (Å²) in [7, 11) is 0. The quantitative estimate of drug-likeness (QED) is 0.624. The number of carbonyl (C=O) groups excluding carboxylic acids is 1. The van der Waals surface area contributed by atoms with Crippen LogP contribution in [0.5, 0.6) is 0 Å². The van der Waals surface area contributed by atoms with Crippen LogP contribution in [0.4, 0.5) is 0 Å². The van der Waals surface area contributed by atoms with Crippen LogP contribution >= 0.6 is 12.6 Å². The van der Waals surface area contributed by atoms with E-state index in [0.29, 0.717) is 5.75 Å². The van der Waals surface area contributed by atoms with Crippen molar-refractivity contribution in [1.82, 2.24) is 0 Å². The van der Waals surface area contributed by atoms with Crippen molar-refractivity contribution in [2.75, 3.05) is 12.4 Å². The lowest BCUT2D eigenvalue weighted by molar-refractivity contribution is 0.0453. The summed E-state index contributed by atoms with van der Waals surface area (Å²) in [4.78, 5) is 22.6. The number of rotatable bonds is 5. The molecular weight excluding hydrogens is 240 g/mol. The predicted octanol–water partition coefficient (Wildman–Crippen LogP) is 2.11. The highest BCUT2D eigenvalue weighted by molar-refractivity contribution is 7.80. The second kappa shape index (κ2) is 6.30. The second-order valence-electron chi connectivity index (χ2n) is 3.74. The summed E-state index contributed by atoms with van der Waals surface area (Å²) < 4.78 is 5.02. The van der Waals surface area contributed by atoms with E-state index in [0.717, 1.165) is 0 Å². The minimum absolute atomic E-state index is 0.0453. The average Bonchev–Trinajstić information content (AvgIpc) is 2.35. The van der Waals surface area contributed by atoms with Crippen LogP contribution in [-0.4, -0.2) is 29.4 Å². The summed E-state index contributed by atoms with van der Waals surface area (Å²) in [6, 6.07) is 5.99. The van der Waals surface area contributed by atoms with Crippen LogP contribution in [0.15, 0.2) is 24.3 Å². The first kappa shape index (κ1) is 13.6. The van der Waals surface area contributed by atoms with Crippen molar-refractivity contribution in [3.63, 3.8) is 0 Å². The molecular formula is C12H14O4S. The second-order valence-corrected chi connectivity index (χ2v) is 4.10. The average molecular weight is 254 g/mol. The zero-order chi connectivity index (χ0) is 12.8. The van der Waals surface area contributed by atoms with Crippen molar-refractivity contribution >= 4 is 24.6 Å². The Hall–Kier alpha value is -1.49. The molecule has 17 heavy (non-hydrogen) atoms. The number of ether oxygens (including phenoxy) is 1. The van der Waals surface area contributed by atoms with Crippen molar-refractivity contribution in [1.29, 1.82) is 0 Å². The van der Waals surface area contributed by atoms with E-state index in [1.807, 2.05) is 6.92 Å². The SMILES string of the molecule is CC(CS)COC(=O)c1ccccc1C(=O)O. The van der Waals surface area contributed by atoms with Crippen molar-refractivity contribution in [3.05, 3.63) is 35.4 Å². The first-order valence-corrected chi connectivity index (χ1v) is 5.79. The van der Waals surface area contributed by atoms with E-state index < -0.39 is 11.9 Å². The molecule has 0 aliphatic heterocycles. The molecule has 0 radical (unpaired) electrons. The van der Waals surface area contributed by atoms with E-state index in [4.69, 9.17) is 9.84 Å². The molecule has 0 aliphatic rings. The van der Waals surface area contributed by atoms with Gasteiger partial charge in [0.2, 0.25) is 0 Å². The molecule has 0 bridgehead atoms. The van der Waals surface area contributed by atoms with Crippen molar-refractivity contribution < 1.29 is 19.4 Å². The molecule has 0 heterocycles. The van der Waals surface area contributed by atoms with Gasteiger partial charge in [-0.1, -0.05) is 19.1 Å². The van der Waals surface area contributed by atoms with Gasteiger partial charge >= 0.3 is 11.9 Å². The molecule has 1 unspecified atom stereocenters. The van der Waals surface area contributed by atoms with Crippen LogP contribution in [-0.2, 0) is 4.74 Å². The van der Waals surface area contributed by atoms with Crippen LogP contribution in [0.25, 0.3) is 0 Å². The van der Waals surface area contributed by atoms with Gasteiger partial charge in [0, 0.05) is 0 Å². The third-order valence-corrected chi connectivity index (χ3v) is 2.81. The van der Waals surface area contributed by atoms with Crippen LogP contribution < -0.4 is 0 Å². The number of carboxylic acid groups (broad SMARTS) is 1. The maximum absolute atomic E-state index is 11.7. The van der Waals surface area contributed by atoms with E-state index in [9.17, 15) is 9.59 Å². The largest absolute Gasteiger partial charge is 0.478 e. The monoisotopic (exact) mass is 254 g/mol. The molecule has 0 aliphatic carbocycles. The number of carboxylic acids is 1. The third-order valence-electron chi connectivity index (χ3n) is 2.19. The fraction of sp³-hybridized carbons (Fsp3) is 0.333. The smallest absolute Gasteiger partial charge is 0.339 e. The maximum Gasteiger partial charge on any atom is 0.339 e. The van der Waals surface area contributed by atoms with E-state index >= 15 is 0 Å². The molecule has 0 spiro atoms. The minimum atomic E-state index is -1.14. The Morgan fingerprint density at radius 1 is 1.35 bits per heavy atom. The van der Waals surface area contributed by atoms with Gasteiger partial charge in [-0.25, -0.2) is 9.59 Å². The highest BCUT2D eigenvalue weighted by Crippen LogP contribution is 2.11. The molecule has 0 amide bonds. The molecule has 5 heteroatoms. The van der Waals surface area contributed by atoms with E-state index in [2.05, 4.69) is 12.6 Å². The summed E-state index contributed by atoms with van der Waals surface area (Å²) in [5.41, 5.74) is 0.0300. The lowest BCUT2D eigenvalue weighted by atomic mass is 10.1. The Kier molecular flexibility index (Phi) is 5.03. The number of esters is 1. The Bertz CT molecular complexity index is 417. The van der Waals surface area contributed by atoms with Crippen LogP contribution in [0, 0.1) is 5.92 Å². The zero-order valence-corrected chi connectivity index (χ0v) is 10.3. The van der Waals surface area contributed by atoms with Gasteiger partial charge in [0.15, 0.2) is 0 Å². The third kappa shape index (κ3) is 3.78. The van der Waals surface area contributed by atoms with Crippen molar-refractivity contribution in [3.8, 4) is 0 Å².